The lowest BCUT2D eigenvalue weighted by atomic mass is 9.86. The van der Waals surface area contributed by atoms with Crippen molar-refractivity contribution in [3.05, 3.63) is 44.9 Å². The van der Waals surface area contributed by atoms with Gasteiger partial charge in [-0.25, -0.2) is 0 Å². The van der Waals surface area contributed by atoms with Gasteiger partial charge in [0.1, 0.15) is 5.69 Å². The molecule has 1 fully saturated rings. The smallest absolute Gasteiger partial charge is 0.409 e. The Kier molecular flexibility index (Phi) is 4.57. The number of rotatable bonds is 3. The zero-order chi connectivity index (χ0) is 17.3. The number of aromatic nitrogens is 3. The fourth-order valence-corrected chi connectivity index (χ4v) is 3.18. The molecule has 0 saturated heterocycles. The lowest BCUT2D eigenvalue weighted by Gasteiger charge is -2.24. The second-order valence-corrected chi connectivity index (χ2v) is 6.46. The maximum atomic E-state index is 11.3. The third-order valence-corrected chi connectivity index (χ3v) is 4.56. The molecule has 0 bridgehead atoms. The summed E-state index contributed by atoms with van der Waals surface area (Å²) in [4.78, 5) is 16.8. The lowest BCUT2D eigenvalue weighted by Crippen LogP contribution is -2.28. The van der Waals surface area contributed by atoms with Gasteiger partial charge >= 0.3 is 5.82 Å². The monoisotopic (exact) mass is 351 g/mol. The molecule has 0 aliphatic heterocycles. The molecule has 2 aromatic rings. The van der Waals surface area contributed by atoms with E-state index in [1.165, 1.54) is 0 Å². The van der Waals surface area contributed by atoms with E-state index >= 15 is 0 Å². The molecule has 0 radical (unpaired) electrons. The summed E-state index contributed by atoms with van der Waals surface area (Å²) in [5.41, 5.74) is 0.268. The molecule has 1 aliphatic carbocycles. The van der Waals surface area contributed by atoms with Crippen molar-refractivity contribution < 1.29 is 10.1 Å². The molecule has 1 saturated carbocycles. The minimum Gasteiger partial charge on any atom is -0.409 e. The first kappa shape index (κ1) is 16.5. The van der Waals surface area contributed by atoms with Crippen LogP contribution in [-0.2, 0) is 0 Å². The van der Waals surface area contributed by atoms with Crippen LogP contribution in [-0.4, -0.2) is 30.9 Å². The zero-order valence-corrected chi connectivity index (χ0v) is 13.9. The quantitative estimate of drug-likeness (QED) is 0.522. The molecule has 1 heterocycles. The van der Waals surface area contributed by atoms with Crippen LogP contribution in [0.3, 0.4) is 0 Å². The van der Waals surface area contributed by atoms with Gasteiger partial charge in [-0.1, -0.05) is 42.3 Å². The number of nitro groups is 1. The number of hydrogen-bond acceptors (Lipinski definition) is 5. The molecular formula is C15H18ClN5O3. The average molecular weight is 352 g/mol. The SMILES string of the molecule is CC1CCCCC1N=c1c([N+](=O)[O-])nn(-c2cccc(Cl)c2)n1O. The van der Waals surface area contributed by atoms with Gasteiger partial charge in [0.05, 0.1) is 11.1 Å². The Bertz CT molecular complexity index is 829. The molecule has 24 heavy (non-hydrogen) atoms. The summed E-state index contributed by atoms with van der Waals surface area (Å²) in [6.07, 6.45) is 4.03. The molecule has 2 unspecified atom stereocenters. The Hall–Kier alpha value is -2.35. The van der Waals surface area contributed by atoms with Crippen LogP contribution in [0.4, 0.5) is 5.82 Å². The van der Waals surface area contributed by atoms with Crippen LogP contribution in [0.5, 0.6) is 0 Å². The first-order chi connectivity index (χ1) is 11.5. The Morgan fingerprint density at radius 1 is 1.42 bits per heavy atom. The van der Waals surface area contributed by atoms with Gasteiger partial charge < -0.3 is 15.3 Å². The van der Waals surface area contributed by atoms with E-state index in [1.807, 2.05) is 0 Å². The molecule has 1 aromatic carbocycles. The lowest BCUT2D eigenvalue weighted by molar-refractivity contribution is -0.391. The van der Waals surface area contributed by atoms with Gasteiger partial charge in [0.2, 0.25) is 0 Å². The van der Waals surface area contributed by atoms with E-state index in [4.69, 9.17) is 11.6 Å². The molecular weight excluding hydrogens is 334 g/mol. The van der Waals surface area contributed by atoms with Crippen molar-refractivity contribution in [1.29, 1.82) is 0 Å². The van der Waals surface area contributed by atoms with Gasteiger partial charge in [0, 0.05) is 5.02 Å². The van der Waals surface area contributed by atoms with Gasteiger partial charge in [0.15, 0.2) is 0 Å². The van der Waals surface area contributed by atoms with Crippen molar-refractivity contribution in [3.63, 3.8) is 0 Å². The van der Waals surface area contributed by atoms with E-state index in [0.717, 1.165) is 30.5 Å². The van der Waals surface area contributed by atoms with E-state index in [1.54, 1.807) is 24.3 Å². The molecule has 0 amide bonds. The van der Waals surface area contributed by atoms with Crippen LogP contribution < -0.4 is 5.49 Å². The molecule has 1 aliphatic rings. The average Bonchev–Trinajstić information content (AvgIpc) is 2.87. The molecule has 2 atom stereocenters. The number of benzene rings is 1. The molecule has 9 heteroatoms. The van der Waals surface area contributed by atoms with Gasteiger partial charge in [-0.2, -0.15) is 0 Å². The molecule has 8 nitrogen and oxygen atoms in total. The standard InChI is InChI=1S/C15H18ClN5O3/c1-10-5-2-3-8-13(10)17-14-15(21(23)24)18-19(20(14)22)12-7-4-6-11(16)9-12/h4,6-7,9-10,13,22H,2-3,5,8H2,1H3. The van der Waals surface area contributed by atoms with E-state index in [9.17, 15) is 15.3 Å². The van der Waals surface area contributed by atoms with Crippen LogP contribution in [0.1, 0.15) is 32.6 Å². The van der Waals surface area contributed by atoms with Crippen molar-refractivity contribution >= 4 is 17.4 Å². The third-order valence-electron chi connectivity index (χ3n) is 4.32. The highest BCUT2D eigenvalue weighted by atomic mass is 35.5. The predicted octanol–water partition coefficient (Wildman–Crippen LogP) is 2.95. The van der Waals surface area contributed by atoms with E-state index in [-0.39, 0.29) is 11.5 Å². The second kappa shape index (κ2) is 6.64. The molecule has 128 valence electrons. The Labute approximate surface area is 143 Å². The van der Waals surface area contributed by atoms with Crippen LogP contribution >= 0.6 is 11.6 Å². The number of hydrogen-bond donors (Lipinski definition) is 1. The predicted molar refractivity (Wildman–Crippen MR) is 87.4 cm³/mol. The maximum absolute atomic E-state index is 11.3. The highest BCUT2D eigenvalue weighted by molar-refractivity contribution is 6.30. The van der Waals surface area contributed by atoms with Gasteiger partial charge in [0.25, 0.3) is 5.49 Å². The number of halogens is 1. The third kappa shape index (κ3) is 3.14. The van der Waals surface area contributed by atoms with Crippen molar-refractivity contribution in [2.24, 2.45) is 10.9 Å². The fraction of sp³-hybridized carbons (Fsp3) is 0.467. The highest BCUT2D eigenvalue weighted by Gasteiger charge is 2.27. The summed E-state index contributed by atoms with van der Waals surface area (Å²) in [5.74, 6) is -0.164. The highest BCUT2D eigenvalue weighted by Crippen LogP contribution is 2.26. The summed E-state index contributed by atoms with van der Waals surface area (Å²) < 4.78 is 0. The van der Waals surface area contributed by atoms with E-state index in [0.29, 0.717) is 21.5 Å². The summed E-state index contributed by atoms with van der Waals surface area (Å²) >= 11 is 5.94. The summed E-state index contributed by atoms with van der Waals surface area (Å²) in [6.45, 7) is 2.07. The maximum Gasteiger partial charge on any atom is 0.438 e. The molecule has 3 rings (SSSR count). The minimum atomic E-state index is -0.639. The number of nitrogens with zero attached hydrogens (tertiary/aromatic N) is 5. The van der Waals surface area contributed by atoms with Crippen LogP contribution in [0.15, 0.2) is 29.3 Å². The second-order valence-electron chi connectivity index (χ2n) is 6.02. The fourth-order valence-electron chi connectivity index (χ4n) is 3.00. The van der Waals surface area contributed by atoms with Crippen LogP contribution in [0, 0.1) is 16.0 Å². The Balaban J connectivity index is 2.13. The zero-order valence-electron chi connectivity index (χ0n) is 13.2. The summed E-state index contributed by atoms with van der Waals surface area (Å²) in [5, 5.41) is 26.0. The van der Waals surface area contributed by atoms with Gasteiger partial charge in [-0.05, 0) is 46.7 Å². The topological polar surface area (TPSA) is 98.5 Å². The molecule has 0 spiro atoms. The van der Waals surface area contributed by atoms with Crippen molar-refractivity contribution in [3.8, 4) is 5.69 Å². The van der Waals surface area contributed by atoms with E-state index in [2.05, 4.69) is 17.0 Å². The van der Waals surface area contributed by atoms with Crippen LogP contribution in [0.25, 0.3) is 5.69 Å². The Morgan fingerprint density at radius 2 is 2.17 bits per heavy atom. The van der Waals surface area contributed by atoms with Crippen LogP contribution in [0.2, 0.25) is 5.02 Å². The van der Waals surface area contributed by atoms with E-state index < -0.39 is 10.7 Å². The largest absolute Gasteiger partial charge is 0.438 e. The van der Waals surface area contributed by atoms with Crippen molar-refractivity contribution in [2.45, 2.75) is 38.6 Å². The van der Waals surface area contributed by atoms with Gasteiger partial charge in [-0.15, -0.1) is 0 Å². The minimum absolute atomic E-state index is 0.0622. The van der Waals surface area contributed by atoms with Gasteiger partial charge in [-0.3, -0.25) is 4.99 Å². The molecule has 1 aromatic heterocycles. The van der Waals surface area contributed by atoms with Crippen molar-refractivity contribution in [1.82, 2.24) is 14.7 Å². The normalized spacial score (nSPS) is 21.8. The summed E-state index contributed by atoms with van der Waals surface area (Å²) in [7, 11) is 0. The molecule has 1 N–H and O–H groups in total. The Morgan fingerprint density at radius 3 is 2.83 bits per heavy atom. The first-order valence-corrected chi connectivity index (χ1v) is 8.21. The van der Waals surface area contributed by atoms with Crippen molar-refractivity contribution in [2.75, 3.05) is 0 Å². The first-order valence-electron chi connectivity index (χ1n) is 7.83. The summed E-state index contributed by atoms with van der Waals surface area (Å²) in [6, 6.07) is 6.47.